The smallest absolute Gasteiger partial charge is 0.0788 e. The first-order valence-electron chi connectivity index (χ1n) is 10.2. The van der Waals surface area contributed by atoms with Crippen molar-refractivity contribution in [2.24, 2.45) is 34.5 Å². The molecule has 24 heavy (non-hydrogen) atoms. The SMILES string of the molecule is COC1CC[C@@]2(C)C(=CC(OC)C3C2CC[C@@]2(C)C3CC[C@@H]2C)C1. The minimum absolute atomic E-state index is 0.323. The van der Waals surface area contributed by atoms with E-state index in [1.807, 2.05) is 14.2 Å². The molecule has 0 N–H and O–H groups in total. The van der Waals surface area contributed by atoms with E-state index in [-0.39, 0.29) is 0 Å². The van der Waals surface area contributed by atoms with Crippen LogP contribution in [0.5, 0.6) is 0 Å². The zero-order chi connectivity index (χ0) is 17.1. The molecule has 0 aromatic heterocycles. The third-order valence-corrected chi connectivity index (χ3v) is 9.14. The van der Waals surface area contributed by atoms with Gasteiger partial charge in [-0.2, -0.15) is 0 Å². The van der Waals surface area contributed by atoms with E-state index >= 15 is 0 Å². The molecular weight excluding hydrogens is 296 g/mol. The van der Waals surface area contributed by atoms with Crippen LogP contribution in [0.3, 0.4) is 0 Å². The molecule has 0 aliphatic heterocycles. The molecule has 0 heterocycles. The molecule has 0 spiro atoms. The molecule has 4 aliphatic rings. The lowest BCUT2D eigenvalue weighted by atomic mass is 9.47. The highest BCUT2D eigenvalue weighted by Gasteiger charge is 2.60. The molecule has 4 aliphatic carbocycles. The summed E-state index contributed by atoms with van der Waals surface area (Å²) >= 11 is 0. The molecule has 2 nitrogen and oxygen atoms in total. The summed E-state index contributed by atoms with van der Waals surface area (Å²) in [7, 11) is 3.81. The summed E-state index contributed by atoms with van der Waals surface area (Å²) < 4.78 is 11.8. The Balaban J connectivity index is 1.72. The van der Waals surface area contributed by atoms with Gasteiger partial charge in [0.05, 0.1) is 12.2 Å². The van der Waals surface area contributed by atoms with E-state index in [4.69, 9.17) is 9.47 Å². The van der Waals surface area contributed by atoms with E-state index in [1.165, 1.54) is 38.5 Å². The molecule has 0 saturated heterocycles. The van der Waals surface area contributed by atoms with Crippen LogP contribution in [0.2, 0.25) is 0 Å². The zero-order valence-corrected chi connectivity index (χ0v) is 16.3. The molecule has 3 saturated carbocycles. The Kier molecular flexibility index (Phi) is 4.16. The Morgan fingerprint density at radius 1 is 0.958 bits per heavy atom. The Labute approximate surface area is 148 Å². The lowest BCUT2D eigenvalue weighted by molar-refractivity contribution is -0.102. The number of ether oxygens (including phenoxy) is 2. The van der Waals surface area contributed by atoms with Gasteiger partial charge in [-0.15, -0.1) is 0 Å². The number of methoxy groups -OCH3 is 2. The summed E-state index contributed by atoms with van der Waals surface area (Å²) in [5, 5.41) is 0. The van der Waals surface area contributed by atoms with Crippen molar-refractivity contribution < 1.29 is 9.47 Å². The largest absolute Gasteiger partial charge is 0.381 e. The first-order valence-corrected chi connectivity index (χ1v) is 10.2. The van der Waals surface area contributed by atoms with E-state index in [1.54, 1.807) is 5.57 Å². The van der Waals surface area contributed by atoms with Crippen LogP contribution in [0.25, 0.3) is 0 Å². The Morgan fingerprint density at radius 3 is 2.46 bits per heavy atom. The fourth-order valence-corrected chi connectivity index (χ4v) is 7.28. The Morgan fingerprint density at radius 2 is 1.75 bits per heavy atom. The highest BCUT2D eigenvalue weighted by atomic mass is 16.5. The van der Waals surface area contributed by atoms with Gasteiger partial charge in [0.15, 0.2) is 0 Å². The van der Waals surface area contributed by atoms with Crippen molar-refractivity contribution in [1.82, 2.24) is 0 Å². The van der Waals surface area contributed by atoms with Crippen molar-refractivity contribution >= 4 is 0 Å². The Bertz CT molecular complexity index is 526. The van der Waals surface area contributed by atoms with E-state index < -0.39 is 0 Å². The van der Waals surface area contributed by atoms with Crippen molar-refractivity contribution in [1.29, 1.82) is 0 Å². The maximum atomic E-state index is 6.09. The average molecular weight is 333 g/mol. The summed E-state index contributed by atoms with van der Waals surface area (Å²) in [5.41, 5.74) is 2.58. The molecule has 2 heteroatoms. The Hall–Kier alpha value is -0.340. The van der Waals surface area contributed by atoms with E-state index in [0.29, 0.717) is 23.0 Å². The number of hydrogen-bond acceptors (Lipinski definition) is 2. The van der Waals surface area contributed by atoms with Crippen LogP contribution in [0.4, 0.5) is 0 Å². The second kappa shape index (κ2) is 5.84. The fourth-order valence-electron chi connectivity index (χ4n) is 7.28. The monoisotopic (exact) mass is 332 g/mol. The number of rotatable bonds is 2. The molecule has 5 unspecified atom stereocenters. The third kappa shape index (κ3) is 2.21. The fraction of sp³-hybridized carbons (Fsp3) is 0.909. The molecule has 4 rings (SSSR count). The maximum absolute atomic E-state index is 6.09. The summed E-state index contributed by atoms with van der Waals surface area (Å²) in [6.07, 6.45) is 12.6. The van der Waals surface area contributed by atoms with Gasteiger partial charge in [-0.05, 0) is 79.4 Å². The second-order valence-electron chi connectivity index (χ2n) is 9.72. The molecule has 3 fully saturated rings. The van der Waals surface area contributed by atoms with Crippen LogP contribution < -0.4 is 0 Å². The van der Waals surface area contributed by atoms with E-state index in [9.17, 15) is 0 Å². The second-order valence-corrected chi connectivity index (χ2v) is 9.72. The van der Waals surface area contributed by atoms with Gasteiger partial charge in [0, 0.05) is 14.2 Å². The van der Waals surface area contributed by atoms with Gasteiger partial charge in [-0.25, -0.2) is 0 Å². The lowest BCUT2D eigenvalue weighted by Crippen LogP contribution is -2.54. The highest BCUT2D eigenvalue weighted by molar-refractivity contribution is 5.28. The predicted octanol–water partition coefficient (Wildman–Crippen LogP) is 5.23. The van der Waals surface area contributed by atoms with Gasteiger partial charge in [-0.1, -0.05) is 32.4 Å². The lowest BCUT2D eigenvalue weighted by Gasteiger charge is -2.59. The van der Waals surface area contributed by atoms with Gasteiger partial charge in [0.25, 0.3) is 0 Å². The van der Waals surface area contributed by atoms with Crippen LogP contribution in [0.15, 0.2) is 11.6 Å². The molecule has 0 aromatic carbocycles. The molecule has 8 atom stereocenters. The summed E-state index contributed by atoms with van der Waals surface area (Å²) in [4.78, 5) is 0. The van der Waals surface area contributed by atoms with Crippen molar-refractivity contribution in [3.05, 3.63) is 11.6 Å². The van der Waals surface area contributed by atoms with Gasteiger partial charge in [-0.3, -0.25) is 0 Å². The standard InChI is InChI=1S/C22H36O2/c1-14-6-7-17-20-18(9-11-21(14,17)2)22(3)10-8-16(23-4)12-15(22)13-19(20)24-5/h13-14,16-20H,6-12H2,1-5H3/t14-,16?,17?,18?,19?,20?,21+,22-/m0/s1. The van der Waals surface area contributed by atoms with Crippen LogP contribution >= 0.6 is 0 Å². The van der Waals surface area contributed by atoms with Crippen LogP contribution in [0, 0.1) is 34.5 Å². The first kappa shape index (κ1) is 17.1. The van der Waals surface area contributed by atoms with Crippen LogP contribution in [-0.4, -0.2) is 26.4 Å². The maximum Gasteiger partial charge on any atom is 0.0788 e. The third-order valence-electron chi connectivity index (χ3n) is 9.14. The van der Waals surface area contributed by atoms with Crippen molar-refractivity contribution in [2.75, 3.05) is 14.2 Å². The van der Waals surface area contributed by atoms with Crippen molar-refractivity contribution in [3.8, 4) is 0 Å². The molecular formula is C22H36O2. The van der Waals surface area contributed by atoms with Crippen LogP contribution in [-0.2, 0) is 9.47 Å². The topological polar surface area (TPSA) is 18.5 Å². The van der Waals surface area contributed by atoms with Crippen molar-refractivity contribution in [2.45, 2.75) is 77.9 Å². The van der Waals surface area contributed by atoms with Gasteiger partial charge in [0.2, 0.25) is 0 Å². The molecule has 136 valence electrons. The molecule has 0 aromatic rings. The molecule has 0 bridgehead atoms. The summed E-state index contributed by atoms with van der Waals surface area (Å²) in [5.74, 6) is 3.27. The van der Waals surface area contributed by atoms with Gasteiger partial charge < -0.3 is 9.47 Å². The molecule has 0 radical (unpaired) electrons. The van der Waals surface area contributed by atoms with Gasteiger partial charge >= 0.3 is 0 Å². The molecule has 0 amide bonds. The quantitative estimate of drug-likeness (QED) is 0.645. The number of hydrogen-bond donors (Lipinski definition) is 0. The van der Waals surface area contributed by atoms with Crippen molar-refractivity contribution in [3.63, 3.8) is 0 Å². The van der Waals surface area contributed by atoms with E-state index in [2.05, 4.69) is 26.8 Å². The summed E-state index contributed by atoms with van der Waals surface area (Å²) in [6.45, 7) is 7.65. The minimum atomic E-state index is 0.323. The van der Waals surface area contributed by atoms with E-state index in [0.717, 1.165) is 30.1 Å². The average Bonchev–Trinajstić information content (AvgIpc) is 2.89. The summed E-state index contributed by atoms with van der Waals surface area (Å²) in [6, 6.07) is 0. The first-order chi connectivity index (χ1) is 11.4. The normalized spacial score (nSPS) is 53.8. The van der Waals surface area contributed by atoms with Crippen LogP contribution in [0.1, 0.15) is 65.7 Å². The van der Waals surface area contributed by atoms with Gasteiger partial charge in [0.1, 0.15) is 0 Å². The minimum Gasteiger partial charge on any atom is -0.381 e. The zero-order valence-electron chi connectivity index (χ0n) is 16.3. The predicted molar refractivity (Wildman–Crippen MR) is 97.8 cm³/mol. The highest BCUT2D eigenvalue weighted by Crippen LogP contribution is 2.66. The number of fused-ring (bicyclic) bond motifs is 5.